The van der Waals surface area contributed by atoms with Crippen molar-refractivity contribution in [3.63, 3.8) is 0 Å². The molecule has 25 heavy (non-hydrogen) atoms. The number of nitrogens with one attached hydrogen (secondary N) is 1. The van der Waals surface area contributed by atoms with Gasteiger partial charge in [0.05, 0.1) is 16.3 Å². The van der Waals surface area contributed by atoms with Crippen molar-refractivity contribution in [2.24, 2.45) is 0 Å². The lowest BCUT2D eigenvalue weighted by molar-refractivity contribution is -0.113. The first kappa shape index (κ1) is 16.2. The van der Waals surface area contributed by atoms with Crippen LogP contribution in [0.5, 0.6) is 0 Å². The first-order chi connectivity index (χ1) is 12.2. The standard InChI is InChI=1S/C15H12N6OS3/c1-9-7-24-14(16-9)17-13(22)8-25-15-19-18-12-5-4-10(20-21(12)15)11-3-2-6-23-11/h2-7H,8H2,1H3,(H,16,17,22). The molecule has 0 aliphatic rings. The second-order valence-corrected chi connectivity index (χ2v) is 7.83. The average Bonchev–Trinajstić information content (AvgIpc) is 3.33. The summed E-state index contributed by atoms with van der Waals surface area (Å²) in [5, 5.41) is 20.7. The lowest BCUT2D eigenvalue weighted by Gasteiger charge is -2.02. The Morgan fingerprint density at radius 1 is 1.28 bits per heavy atom. The van der Waals surface area contributed by atoms with Crippen LogP contribution in [0.2, 0.25) is 0 Å². The van der Waals surface area contributed by atoms with Gasteiger partial charge >= 0.3 is 0 Å². The third kappa shape index (κ3) is 3.55. The van der Waals surface area contributed by atoms with Gasteiger partial charge in [0.1, 0.15) is 5.69 Å². The number of thiazole rings is 1. The van der Waals surface area contributed by atoms with Crippen molar-refractivity contribution >= 4 is 51.1 Å². The van der Waals surface area contributed by atoms with Gasteiger partial charge in [0.2, 0.25) is 11.1 Å². The summed E-state index contributed by atoms with van der Waals surface area (Å²) in [4.78, 5) is 17.4. The molecule has 0 saturated heterocycles. The van der Waals surface area contributed by atoms with Crippen LogP contribution in [0.25, 0.3) is 16.2 Å². The fourth-order valence-electron chi connectivity index (χ4n) is 2.11. The third-order valence-electron chi connectivity index (χ3n) is 3.21. The van der Waals surface area contributed by atoms with Crippen LogP contribution in [0, 0.1) is 6.92 Å². The summed E-state index contributed by atoms with van der Waals surface area (Å²) in [6, 6.07) is 7.79. The van der Waals surface area contributed by atoms with Gasteiger partial charge < -0.3 is 5.32 Å². The molecule has 4 heterocycles. The lowest BCUT2D eigenvalue weighted by Crippen LogP contribution is -2.14. The summed E-state index contributed by atoms with van der Waals surface area (Å²) >= 11 is 4.32. The van der Waals surface area contributed by atoms with Gasteiger partial charge in [-0.25, -0.2) is 4.98 Å². The van der Waals surface area contributed by atoms with E-state index >= 15 is 0 Å². The summed E-state index contributed by atoms with van der Waals surface area (Å²) < 4.78 is 1.67. The molecule has 10 heteroatoms. The number of aryl methyl sites for hydroxylation is 1. The SMILES string of the molecule is Cc1csc(NC(=O)CSc2nnc3ccc(-c4cccs4)nn23)n1. The van der Waals surface area contributed by atoms with Gasteiger partial charge in [-0.3, -0.25) is 4.79 Å². The minimum absolute atomic E-state index is 0.134. The van der Waals surface area contributed by atoms with Crippen molar-refractivity contribution in [1.82, 2.24) is 24.8 Å². The zero-order chi connectivity index (χ0) is 17.2. The van der Waals surface area contributed by atoms with Crippen LogP contribution < -0.4 is 5.32 Å². The number of thiophene rings is 1. The highest BCUT2D eigenvalue weighted by Gasteiger charge is 2.12. The zero-order valence-corrected chi connectivity index (χ0v) is 15.5. The molecule has 0 saturated carbocycles. The summed E-state index contributed by atoms with van der Waals surface area (Å²) in [6.45, 7) is 1.89. The van der Waals surface area contributed by atoms with E-state index in [9.17, 15) is 4.79 Å². The minimum Gasteiger partial charge on any atom is -0.301 e. The number of thioether (sulfide) groups is 1. The molecular formula is C15H12N6OS3. The van der Waals surface area contributed by atoms with Crippen molar-refractivity contribution in [1.29, 1.82) is 0 Å². The van der Waals surface area contributed by atoms with Crippen molar-refractivity contribution in [3.05, 3.63) is 40.7 Å². The Balaban J connectivity index is 1.49. The van der Waals surface area contributed by atoms with Gasteiger partial charge in [-0.15, -0.1) is 32.9 Å². The van der Waals surface area contributed by atoms with Crippen molar-refractivity contribution in [3.8, 4) is 10.6 Å². The molecule has 0 aliphatic heterocycles. The largest absolute Gasteiger partial charge is 0.301 e. The predicted molar refractivity (Wildman–Crippen MR) is 100 cm³/mol. The molecule has 0 unspecified atom stereocenters. The normalized spacial score (nSPS) is 11.1. The Hall–Kier alpha value is -2.30. The Labute approximate surface area is 155 Å². The smallest absolute Gasteiger partial charge is 0.236 e. The summed E-state index contributed by atoms with van der Waals surface area (Å²) in [7, 11) is 0. The Kier molecular flexibility index (Phi) is 4.47. The van der Waals surface area contributed by atoms with Crippen LogP contribution in [0.1, 0.15) is 5.69 Å². The molecule has 0 bridgehead atoms. The number of anilines is 1. The Morgan fingerprint density at radius 2 is 2.20 bits per heavy atom. The van der Waals surface area contributed by atoms with Crippen molar-refractivity contribution in [2.45, 2.75) is 12.1 Å². The van der Waals surface area contributed by atoms with Gasteiger partial charge in [0.15, 0.2) is 10.8 Å². The van der Waals surface area contributed by atoms with E-state index in [1.165, 1.54) is 23.1 Å². The first-order valence-corrected chi connectivity index (χ1v) is 10.0. The molecule has 0 fully saturated rings. The van der Waals surface area contributed by atoms with Gasteiger partial charge in [-0.05, 0) is 30.5 Å². The van der Waals surface area contributed by atoms with Crippen LogP contribution in [0.4, 0.5) is 5.13 Å². The van der Waals surface area contributed by atoms with E-state index in [0.29, 0.717) is 15.9 Å². The number of nitrogens with zero attached hydrogens (tertiary/aromatic N) is 5. The summed E-state index contributed by atoms with van der Waals surface area (Å²) in [6.07, 6.45) is 0. The molecule has 126 valence electrons. The molecule has 4 aromatic heterocycles. The monoisotopic (exact) mass is 388 g/mol. The van der Waals surface area contributed by atoms with Crippen LogP contribution in [0.3, 0.4) is 0 Å². The van der Waals surface area contributed by atoms with Crippen LogP contribution in [0.15, 0.2) is 40.2 Å². The van der Waals surface area contributed by atoms with E-state index in [2.05, 4.69) is 25.6 Å². The first-order valence-electron chi connectivity index (χ1n) is 7.30. The maximum absolute atomic E-state index is 12.1. The highest BCUT2D eigenvalue weighted by atomic mass is 32.2. The molecule has 0 radical (unpaired) electrons. The Morgan fingerprint density at radius 3 is 2.96 bits per heavy atom. The Bertz CT molecular complexity index is 1020. The fraction of sp³-hybridized carbons (Fsp3) is 0.133. The number of hydrogen-bond acceptors (Lipinski definition) is 8. The quantitative estimate of drug-likeness (QED) is 0.528. The van der Waals surface area contributed by atoms with E-state index in [4.69, 9.17) is 0 Å². The van der Waals surface area contributed by atoms with Gasteiger partial charge in [-0.1, -0.05) is 17.8 Å². The van der Waals surface area contributed by atoms with E-state index in [1.54, 1.807) is 15.9 Å². The number of rotatable bonds is 5. The molecule has 1 N–H and O–H groups in total. The molecule has 4 aromatic rings. The van der Waals surface area contributed by atoms with Crippen LogP contribution in [-0.4, -0.2) is 36.5 Å². The summed E-state index contributed by atoms with van der Waals surface area (Å²) in [5.74, 6) is 0.0788. The average molecular weight is 389 g/mol. The molecule has 0 atom stereocenters. The predicted octanol–water partition coefficient (Wildman–Crippen LogP) is 3.35. The number of aromatic nitrogens is 5. The maximum atomic E-state index is 12.1. The van der Waals surface area contributed by atoms with Crippen molar-refractivity contribution in [2.75, 3.05) is 11.1 Å². The third-order valence-corrected chi connectivity index (χ3v) is 5.89. The molecular weight excluding hydrogens is 376 g/mol. The lowest BCUT2D eigenvalue weighted by atomic mass is 10.3. The zero-order valence-electron chi connectivity index (χ0n) is 13.0. The van der Waals surface area contributed by atoms with E-state index in [-0.39, 0.29) is 11.7 Å². The van der Waals surface area contributed by atoms with Crippen LogP contribution >= 0.6 is 34.4 Å². The van der Waals surface area contributed by atoms with Gasteiger partial charge in [0.25, 0.3) is 0 Å². The fourth-order valence-corrected chi connectivity index (χ4v) is 4.19. The van der Waals surface area contributed by atoms with Gasteiger partial charge in [-0.2, -0.15) is 9.61 Å². The van der Waals surface area contributed by atoms with Crippen molar-refractivity contribution < 1.29 is 4.79 Å². The summed E-state index contributed by atoms with van der Waals surface area (Å²) in [5.41, 5.74) is 2.40. The van der Waals surface area contributed by atoms with Crippen LogP contribution in [-0.2, 0) is 4.79 Å². The number of carbonyl (C=O) groups excluding carboxylic acids is 1. The number of hydrogen-bond donors (Lipinski definition) is 1. The number of fused-ring (bicyclic) bond motifs is 1. The highest BCUT2D eigenvalue weighted by molar-refractivity contribution is 7.99. The second kappa shape index (κ2) is 6.90. The number of amides is 1. The molecule has 7 nitrogen and oxygen atoms in total. The molecule has 0 spiro atoms. The van der Waals surface area contributed by atoms with E-state index < -0.39 is 0 Å². The second-order valence-electron chi connectivity index (χ2n) is 5.08. The van der Waals surface area contributed by atoms with E-state index in [1.807, 2.05) is 41.9 Å². The maximum Gasteiger partial charge on any atom is 0.236 e. The van der Waals surface area contributed by atoms with E-state index in [0.717, 1.165) is 16.3 Å². The molecule has 0 aromatic carbocycles. The molecule has 4 rings (SSSR count). The highest BCUT2D eigenvalue weighted by Crippen LogP contribution is 2.24. The number of carbonyl (C=O) groups is 1. The van der Waals surface area contributed by atoms with Gasteiger partial charge in [0, 0.05) is 5.38 Å². The molecule has 0 aliphatic carbocycles. The molecule has 1 amide bonds. The topological polar surface area (TPSA) is 85.1 Å². The minimum atomic E-state index is -0.134.